The Labute approximate surface area is 159 Å². The second-order valence-corrected chi connectivity index (χ2v) is 6.68. The SMILES string of the molecule is CCOC(=O)N1CCN(C(=O)CCNCCc2c[nH]c3ccccc23)CC1. The van der Waals surface area contributed by atoms with Crippen molar-refractivity contribution < 1.29 is 14.3 Å². The molecule has 1 aromatic heterocycles. The van der Waals surface area contributed by atoms with E-state index in [4.69, 9.17) is 4.74 Å². The third-order valence-electron chi connectivity index (χ3n) is 4.92. The van der Waals surface area contributed by atoms with Gasteiger partial charge in [0.1, 0.15) is 0 Å². The largest absolute Gasteiger partial charge is 0.450 e. The minimum Gasteiger partial charge on any atom is -0.450 e. The molecule has 0 unspecified atom stereocenters. The summed E-state index contributed by atoms with van der Waals surface area (Å²) in [6, 6.07) is 8.28. The number of para-hydroxylation sites is 1. The monoisotopic (exact) mass is 372 g/mol. The highest BCUT2D eigenvalue weighted by Gasteiger charge is 2.24. The number of hydrogen-bond acceptors (Lipinski definition) is 4. The molecule has 1 fully saturated rings. The van der Waals surface area contributed by atoms with Crippen LogP contribution in [0.2, 0.25) is 0 Å². The first-order valence-corrected chi connectivity index (χ1v) is 9.64. The van der Waals surface area contributed by atoms with E-state index in [0.717, 1.165) is 18.5 Å². The highest BCUT2D eigenvalue weighted by atomic mass is 16.6. The normalized spacial score (nSPS) is 14.6. The third-order valence-corrected chi connectivity index (χ3v) is 4.92. The number of ether oxygens (including phenoxy) is 1. The summed E-state index contributed by atoms with van der Waals surface area (Å²) in [5.41, 5.74) is 2.45. The number of fused-ring (bicyclic) bond motifs is 1. The van der Waals surface area contributed by atoms with Gasteiger partial charge in [-0.15, -0.1) is 0 Å². The summed E-state index contributed by atoms with van der Waals surface area (Å²) in [7, 11) is 0. The van der Waals surface area contributed by atoms with Crippen molar-refractivity contribution in [3.8, 4) is 0 Å². The maximum Gasteiger partial charge on any atom is 0.409 e. The Morgan fingerprint density at radius 1 is 1.11 bits per heavy atom. The van der Waals surface area contributed by atoms with Gasteiger partial charge in [0.25, 0.3) is 0 Å². The first kappa shape index (κ1) is 19.2. The summed E-state index contributed by atoms with van der Waals surface area (Å²) in [4.78, 5) is 30.8. The molecule has 3 rings (SSSR count). The van der Waals surface area contributed by atoms with Gasteiger partial charge in [0.05, 0.1) is 6.61 Å². The number of aromatic amines is 1. The summed E-state index contributed by atoms with van der Waals surface area (Å²) in [5.74, 6) is 0.137. The number of piperazine rings is 1. The lowest BCUT2D eigenvalue weighted by Crippen LogP contribution is -2.51. The summed E-state index contributed by atoms with van der Waals surface area (Å²) in [5, 5.41) is 4.62. The van der Waals surface area contributed by atoms with E-state index >= 15 is 0 Å². The van der Waals surface area contributed by atoms with Crippen LogP contribution in [-0.2, 0) is 16.0 Å². The van der Waals surface area contributed by atoms with Crippen LogP contribution in [0.15, 0.2) is 30.5 Å². The van der Waals surface area contributed by atoms with E-state index < -0.39 is 0 Å². The highest BCUT2D eigenvalue weighted by Crippen LogP contribution is 2.17. The number of nitrogens with one attached hydrogen (secondary N) is 2. The smallest absolute Gasteiger partial charge is 0.409 e. The lowest BCUT2D eigenvalue weighted by molar-refractivity contribution is -0.132. The third kappa shape index (κ3) is 5.01. The molecule has 0 spiro atoms. The lowest BCUT2D eigenvalue weighted by atomic mass is 10.1. The molecular weight excluding hydrogens is 344 g/mol. The summed E-state index contributed by atoms with van der Waals surface area (Å²) < 4.78 is 5.00. The predicted molar refractivity (Wildman–Crippen MR) is 105 cm³/mol. The van der Waals surface area contributed by atoms with Crippen molar-refractivity contribution in [3.05, 3.63) is 36.0 Å². The number of carbonyl (C=O) groups excluding carboxylic acids is 2. The van der Waals surface area contributed by atoms with Crippen LogP contribution in [0.4, 0.5) is 4.79 Å². The fourth-order valence-electron chi connectivity index (χ4n) is 3.39. The Morgan fingerprint density at radius 2 is 1.85 bits per heavy atom. The summed E-state index contributed by atoms with van der Waals surface area (Å²) in [6.07, 6.45) is 3.17. The maximum absolute atomic E-state index is 12.3. The zero-order chi connectivity index (χ0) is 19.1. The molecule has 0 saturated carbocycles. The van der Waals surface area contributed by atoms with Crippen molar-refractivity contribution >= 4 is 22.9 Å². The van der Waals surface area contributed by atoms with E-state index in [0.29, 0.717) is 45.8 Å². The number of aromatic nitrogens is 1. The number of rotatable bonds is 7. The second kappa shape index (κ2) is 9.41. The van der Waals surface area contributed by atoms with Gasteiger partial charge in [-0.25, -0.2) is 4.79 Å². The van der Waals surface area contributed by atoms with E-state index in [1.54, 1.807) is 11.8 Å². The molecule has 0 radical (unpaired) electrons. The molecule has 2 amide bonds. The van der Waals surface area contributed by atoms with Gasteiger partial charge >= 0.3 is 6.09 Å². The Hall–Kier alpha value is -2.54. The minimum absolute atomic E-state index is 0.137. The molecule has 146 valence electrons. The number of benzene rings is 1. The molecule has 7 heteroatoms. The number of carbonyl (C=O) groups is 2. The topological polar surface area (TPSA) is 77.7 Å². The Morgan fingerprint density at radius 3 is 2.63 bits per heavy atom. The second-order valence-electron chi connectivity index (χ2n) is 6.68. The van der Waals surface area contributed by atoms with Crippen molar-refractivity contribution in [1.29, 1.82) is 0 Å². The molecule has 1 aliphatic heterocycles. The van der Waals surface area contributed by atoms with Crippen LogP contribution >= 0.6 is 0 Å². The van der Waals surface area contributed by atoms with Crippen LogP contribution in [0, 0.1) is 0 Å². The zero-order valence-corrected chi connectivity index (χ0v) is 15.9. The highest BCUT2D eigenvalue weighted by molar-refractivity contribution is 5.83. The first-order chi connectivity index (χ1) is 13.2. The predicted octanol–water partition coefficient (Wildman–Crippen LogP) is 1.99. The van der Waals surface area contributed by atoms with Crippen LogP contribution in [0.25, 0.3) is 10.9 Å². The molecule has 2 heterocycles. The zero-order valence-electron chi connectivity index (χ0n) is 15.9. The van der Waals surface area contributed by atoms with Gasteiger partial charge in [-0.05, 0) is 31.5 Å². The first-order valence-electron chi connectivity index (χ1n) is 9.64. The van der Waals surface area contributed by atoms with Gasteiger partial charge in [0.15, 0.2) is 0 Å². The maximum atomic E-state index is 12.3. The molecule has 7 nitrogen and oxygen atoms in total. The molecule has 27 heavy (non-hydrogen) atoms. The quantitative estimate of drug-likeness (QED) is 0.729. The number of amides is 2. The Kier molecular flexibility index (Phi) is 6.70. The Bertz CT molecular complexity index is 765. The molecule has 1 saturated heterocycles. The molecule has 0 aliphatic carbocycles. The van der Waals surface area contributed by atoms with Gasteiger partial charge in [-0.3, -0.25) is 4.79 Å². The number of nitrogens with zero attached hydrogens (tertiary/aromatic N) is 2. The van der Waals surface area contributed by atoms with E-state index in [1.807, 2.05) is 17.0 Å². The lowest BCUT2D eigenvalue weighted by Gasteiger charge is -2.34. The summed E-state index contributed by atoms with van der Waals surface area (Å²) >= 11 is 0. The van der Waals surface area contributed by atoms with Gasteiger partial charge in [-0.2, -0.15) is 0 Å². The van der Waals surface area contributed by atoms with Gasteiger partial charge in [-0.1, -0.05) is 18.2 Å². The van der Waals surface area contributed by atoms with Crippen LogP contribution in [0.1, 0.15) is 18.9 Å². The van der Waals surface area contributed by atoms with Crippen LogP contribution in [0.3, 0.4) is 0 Å². The average Bonchev–Trinajstić information content (AvgIpc) is 3.11. The number of hydrogen-bond donors (Lipinski definition) is 2. The minimum atomic E-state index is -0.288. The molecule has 2 aromatic rings. The molecule has 0 atom stereocenters. The van der Waals surface area contributed by atoms with Crippen molar-refractivity contribution in [2.75, 3.05) is 45.9 Å². The standard InChI is InChI=1S/C20H28N4O3/c1-2-27-20(26)24-13-11-23(12-14-24)19(25)8-10-21-9-7-16-15-22-18-6-4-3-5-17(16)18/h3-6,15,21-22H,2,7-14H2,1H3. The van der Waals surface area contributed by atoms with Crippen LogP contribution in [-0.4, -0.2) is 72.7 Å². The van der Waals surface area contributed by atoms with Crippen LogP contribution < -0.4 is 5.32 Å². The van der Waals surface area contributed by atoms with E-state index in [9.17, 15) is 9.59 Å². The van der Waals surface area contributed by atoms with Gasteiger partial charge < -0.3 is 24.8 Å². The van der Waals surface area contributed by atoms with Gasteiger partial charge in [0, 0.05) is 56.2 Å². The number of H-pyrrole nitrogens is 1. The Balaban J connectivity index is 1.33. The molecule has 2 N–H and O–H groups in total. The average molecular weight is 372 g/mol. The van der Waals surface area contributed by atoms with Crippen molar-refractivity contribution in [2.45, 2.75) is 19.8 Å². The fraction of sp³-hybridized carbons (Fsp3) is 0.500. The van der Waals surface area contributed by atoms with E-state index in [1.165, 1.54) is 10.9 Å². The van der Waals surface area contributed by atoms with Crippen molar-refractivity contribution in [3.63, 3.8) is 0 Å². The van der Waals surface area contributed by atoms with Crippen molar-refractivity contribution in [1.82, 2.24) is 20.1 Å². The molecule has 1 aliphatic rings. The van der Waals surface area contributed by atoms with Crippen molar-refractivity contribution in [2.24, 2.45) is 0 Å². The summed E-state index contributed by atoms with van der Waals surface area (Å²) in [6.45, 7) is 5.91. The fourth-order valence-corrected chi connectivity index (χ4v) is 3.39. The van der Waals surface area contributed by atoms with E-state index in [2.05, 4.69) is 28.6 Å². The molecular formula is C20H28N4O3. The van der Waals surface area contributed by atoms with Crippen LogP contribution in [0.5, 0.6) is 0 Å². The molecule has 0 bridgehead atoms. The molecule has 1 aromatic carbocycles. The van der Waals surface area contributed by atoms with E-state index in [-0.39, 0.29) is 12.0 Å². The van der Waals surface area contributed by atoms with Gasteiger partial charge in [0.2, 0.25) is 5.91 Å².